The normalized spacial score (nSPS) is 7.00. The third-order valence-electron chi connectivity index (χ3n) is 0.408. The van der Waals surface area contributed by atoms with Crippen LogP contribution in [0.1, 0.15) is 13.8 Å². The minimum absolute atomic E-state index is 0.844. The molecule has 0 heterocycles. The van der Waals surface area contributed by atoms with Gasteiger partial charge in [-0.15, -0.1) is 0 Å². The molecule has 0 saturated carbocycles. The van der Waals surface area contributed by atoms with Gasteiger partial charge in [0.25, 0.3) is 0 Å². The Morgan fingerprint density at radius 3 is 1.57 bits per heavy atom. The van der Waals surface area contributed by atoms with E-state index < -0.39 is 0 Å². The van der Waals surface area contributed by atoms with E-state index in [1.54, 1.807) is 0 Å². The average Bonchev–Trinajstić information content (AvgIpc) is 1.75. The standard InChI is InChI=1S/C4H10O.HI.K/c1-3-5-4-2;;/h3-4H2,1-2H3;1H;/q;;+1/p-1. The van der Waals surface area contributed by atoms with Gasteiger partial charge >= 0.3 is 54.0 Å². The molecule has 40 valence electrons. The van der Waals surface area contributed by atoms with E-state index in [0.717, 1.165) is 55.9 Å². The van der Waals surface area contributed by atoms with Crippen LogP contribution < -0.4 is 0 Å². The predicted molar refractivity (Wildman–Crippen MR) is 41.9 cm³/mol. The van der Waals surface area contributed by atoms with E-state index in [0.29, 0.717) is 0 Å². The van der Waals surface area contributed by atoms with Crippen LogP contribution in [0.15, 0.2) is 0 Å². The Kier molecular flexibility index (Phi) is 27.1. The van der Waals surface area contributed by atoms with Crippen molar-refractivity contribution in [1.82, 2.24) is 0 Å². The van der Waals surface area contributed by atoms with Gasteiger partial charge in [0.05, 0.1) is 0 Å². The molecule has 0 atom stereocenters. The van der Waals surface area contributed by atoms with Crippen LogP contribution in [0.5, 0.6) is 0 Å². The second-order valence-electron chi connectivity index (χ2n) is 0.781. The van der Waals surface area contributed by atoms with Gasteiger partial charge in [0, 0.05) is 13.2 Å². The van der Waals surface area contributed by atoms with Gasteiger partial charge in [-0.2, -0.15) is 0 Å². The summed E-state index contributed by atoms with van der Waals surface area (Å²) < 4.78 is 4.83. The summed E-state index contributed by atoms with van der Waals surface area (Å²) in [6, 6.07) is 0. The van der Waals surface area contributed by atoms with Crippen LogP contribution in [0.4, 0.5) is 0 Å². The summed E-state index contributed by atoms with van der Waals surface area (Å²) in [5, 5.41) is 0. The molecule has 0 aromatic rings. The van der Waals surface area contributed by atoms with Crippen molar-refractivity contribution in [3.63, 3.8) is 0 Å². The molecule has 0 saturated heterocycles. The van der Waals surface area contributed by atoms with Gasteiger partial charge in [-0.25, -0.2) is 0 Å². The zero-order chi connectivity index (χ0) is 6.12. The molecule has 0 unspecified atom stereocenters. The first kappa shape index (κ1) is 12.0. The van der Waals surface area contributed by atoms with Gasteiger partial charge in [-0.3, -0.25) is 0 Å². The number of ether oxygens (including phenoxy) is 1. The molecule has 7 heavy (non-hydrogen) atoms. The van der Waals surface area contributed by atoms with Crippen LogP contribution in [-0.4, -0.2) is 55.9 Å². The van der Waals surface area contributed by atoms with Crippen molar-refractivity contribution in [3.05, 3.63) is 0 Å². The molecule has 0 aliphatic rings. The van der Waals surface area contributed by atoms with Crippen molar-refractivity contribution in [3.8, 4) is 0 Å². The van der Waals surface area contributed by atoms with Crippen molar-refractivity contribution in [2.45, 2.75) is 13.8 Å². The fourth-order valence-corrected chi connectivity index (χ4v) is 0.204. The van der Waals surface area contributed by atoms with Crippen molar-refractivity contribution >= 4 is 54.0 Å². The molecule has 0 rings (SSSR count). The van der Waals surface area contributed by atoms with Gasteiger partial charge < -0.3 is 4.74 Å². The summed E-state index contributed by atoms with van der Waals surface area (Å²) in [5.74, 6) is 0. The van der Waals surface area contributed by atoms with Crippen LogP contribution >= 0.6 is 11.3 Å². The van der Waals surface area contributed by atoms with Crippen LogP contribution in [-0.2, 0) is 4.74 Å². The molecule has 0 N–H and O–H groups in total. The van der Waals surface area contributed by atoms with E-state index in [2.05, 4.69) is 11.3 Å². The zero-order valence-electron chi connectivity index (χ0n) is 5.20. The molecule has 0 fully saturated rings. The summed E-state index contributed by atoms with van der Waals surface area (Å²) in [4.78, 5) is 0. The summed E-state index contributed by atoms with van der Waals surface area (Å²) in [7, 11) is 0. The Balaban J connectivity index is 0. The molecular weight excluding hydrogens is 230 g/mol. The average molecular weight is 240 g/mol. The van der Waals surface area contributed by atoms with Gasteiger partial charge in [-0.05, 0) is 13.8 Å². The van der Waals surface area contributed by atoms with Gasteiger partial charge in [-0.1, -0.05) is 0 Å². The molecule has 0 amide bonds. The van der Waals surface area contributed by atoms with E-state index in [1.807, 2.05) is 13.8 Å². The van der Waals surface area contributed by atoms with Gasteiger partial charge in [0.2, 0.25) is 0 Å². The quantitative estimate of drug-likeness (QED) is 0.525. The molecular formula is C4H10IKO. The summed E-state index contributed by atoms with van der Waals surface area (Å²) >= 11 is 3.37. The molecule has 3 heteroatoms. The van der Waals surface area contributed by atoms with Gasteiger partial charge in [0.1, 0.15) is 0 Å². The molecule has 0 spiro atoms. The summed E-state index contributed by atoms with van der Waals surface area (Å²) in [5.41, 5.74) is 0. The maximum absolute atomic E-state index is 4.83. The second-order valence-corrected chi connectivity index (χ2v) is 0.781. The van der Waals surface area contributed by atoms with E-state index in [1.165, 1.54) is 0 Å². The summed E-state index contributed by atoms with van der Waals surface area (Å²) in [6.07, 6.45) is 0. The van der Waals surface area contributed by atoms with Crippen molar-refractivity contribution in [2.24, 2.45) is 0 Å². The second kappa shape index (κ2) is 15.8. The van der Waals surface area contributed by atoms with Gasteiger partial charge in [0.15, 0.2) is 0 Å². The minimum atomic E-state index is 0.844. The Bertz CT molecular complexity index is 19.2. The van der Waals surface area contributed by atoms with Crippen LogP contribution in [0.2, 0.25) is 0 Å². The Morgan fingerprint density at radius 2 is 1.57 bits per heavy atom. The molecule has 0 radical (unpaired) electrons. The van der Waals surface area contributed by atoms with Crippen LogP contribution in [0.25, 0.3) is 0 Å². The molecule has 0 aliphatic heterocycles. The predicted octanol–water partition coefficient (Wildman–Crippen LogP) is 1.55. The van der Waals surface area contributed by atoms with Crippen molar-refractivity contribution in [1.29, 1.82) is 0 Å². The Morgan fingerprint density at radius 1 is 1.29 bits per heavy atom. The van der Waals surface area contributed by atoms with Crippen molar-refractivity contribution < 1.29 is 4.74 Å². The first-order valence-corrected chi connectivity index (χ1v) is 12.4. The van der Waals surface area contributed by atoms with E-state index in [9.17, 15) is 0 Å². The van der Waals surface area contributed by atoms with E-state index in [4.69, 9.17) is 4.74 Å². The number of halogens is 1. The molecule has 0 aliphatic carbocycles. The Labute approximate surface area is 83.6 Å². The number of hydrogen-bond acceptors (Lipinski definition) is 1. The fraction of sp³-hybridized carbons (Fsp3) is 1.00. The molecule has 0 aromatic heterocycles. The SMILES string of the molecule is CCOCC.[K][I]. The third kappa shape index (κ3) is 17.8. The fourth-order valence-electron chi connectivity index (χ4n) is 0.204. The van der Waals surface area contributed by atoms with E-state index >= 15 is 0 Å². The van der Waals surface area contributed by atoms with E-state index in [-0.39, 0.29) is 0 Å². The number of rotatable bonds is 2. The summed E-state index contributed by atoms with van der Waals surface area (Å²) in [6.45, 7) is 5.67. The zero-order valence-corrected chi connectivity index (χ0v) is 10.5. The first-order valence-electron chi connectivity index (χ1n) is 2.37. The third-order valence-corrected chi connectivity index (χ3v) is 0.408. The Hall–Kier alpha value is 2.33. The van der Waals surface area contributed by atoms with Crippen LogP contribution in [0, 0.1) is 0 Å². The van der Waals surface area contributed by atoms with Crippen molar-refractivity contribution in [2.75, 3.05) is 13.2 Å². The molecule has 0 aromatic carbocycles. The topological polar surface area (TPSA) is 9.23 Å². The van der Waals surface area contributed by atoms with Crippen LogP contribution in [0.3, 0.4) is 0 Å². The molecule has 0 bridgehead atoms. The number of hydrogen-bond donors (Lipinski definition) is 0. The molecule has 1 nitrogen and oxygen atoms in total. The maximum atomic E-state index is 4.83. The monoisotopic (exact) mass is 240 g/mol. The first-order chi connectivity index (χ1) is 3.41.